The van der Waals surface area contributed by atoms with Crippen LogP contribution in [0.1, 0.15) is 110 Å². The maximum absolute atomic E-state index is 13.9. The number of hydrogen-bond acceptors (Lipinski definition) is 5. The van der Waals surface area contributed by atoms with E-state index in [1.54, 1.807) is 0 Å². The largest absolute Gasteiger partial charge is 0.691 e. The summed E-state index contributed by atoms with van der Waals surface area (Å²) < 4.78 is 64.2. The number of hydrogen-bond donors (Lipinski definition) is 0. The molecule has 33 heavy (non-hydrogen) atoms. The van der Waals surface area contributed by atoms with Crippen molar-refractivity contribution in [2.45, 2.75) is 115 Å². The van der Waals surface area contributed by atoms with Crippen LogP contribution in [0.25, 0.3) is 0 Å². The Morgan fingerprint density at radius 3 is 1.39 bits per heavy atom. The molecule has 0 atom stereocenters. The van der Waals surface area contributed by atoms with E-state index in [1.165, 1.54) is 70.6 Å². The highest BCUT2D eigenvalue weighted by Crippen LogP contribution is 2.35. The van der Waals surface area contributed by atoms with Crippen molar-refractivity contribution in [2.75, 3.05) is 6.61 Å². The quantitative estimate of drug-likeness (QED) is 0.0429. The number of benzene rings is 1. The van der Waals surface area contributed by atoms with Gasteiger partial charge in [0.1, 0.15) is 4.90 Å². The Morgan fingerprint density at radius 2 is 1.00 bits per heavy atom. The molecule has 0 aliphatic carbocycles. The molecule has 0 radical (unpaired) electrons. The Morgan fingerprint density at radius 1 is 0.606 bits per heavy atom. The molecule has 0 heterocycles. The van der Waals surface area contributed by atoms with Crippen LogP contribution in [0, 0.1) is 23.3 Å². The van der Waals surface area contributed by atoms with E-state index < -0.39 is 33.9 Å². The maximum Gasteiger partial charge on any atom is 0.205 e. The third-order valence-corrected chi connectivity index (χ3v) is 6.22. The third kappa shape index (κ3) is 12.3. The van der Waals surface area contributed by atoms with Crippen LogP contribution in [0.5, 0.6) is 5.75 Å². The summed E-state index contributed by atoms with van der Waals surface area (Å²) in [5.41, 5.74) is 0. The fraction of sp³-hybridized carbons (Fsp3) is 0.750. The summed E-state index contributed by atoms with van der Waals surface area (Å²) in [5, 5.41) is 12.7. The van der Waals surface area contributed by atoms with Gasteiger partial charge in [-0.25, -0.2) is 8.78 Å². The van der Waals surface area contributed by atoms with Crippen LogP contribution in [0.2, 0.25) is 0 Å². The zero-order chi connectivity index (χ0) is 24.3. The number of rotatable bonds is 21. The normalized spacial score (nSPS) is 11.3. The van der Waals surface area contributed by atoms with Gasteiger partial charge in [-0.3, -0.25) is 5.04 Å². The molecule has 0 saturated heterocycles. The number of unbranched alkanes of at least 4 members (excludes halogenated alkanes) is 15. The van der Waals surface area contributed by atoms with E-state index in [4.69, 9.17) is 4.74 Å². The molecule has 0 aliphatic rings. The lowest BCUT2D eigenvalue weighted by atomic mass is 10.0. The second-order valence-electron chi connectivity index (χ2n) is 8.29. The van der Waals surface area contributed by atoms with Crippen molar-refractivity contribution in [1.29, 1.82) is 0 Å². The molecule has 1 aromatic rings. The lowest BCUT2D eigenvalue weighted by Gasteiger charge is -2.12. The predicted octanol–water partition coefficient (Wildman–Crippen LogP) is 8.11. The van der Waals surface area contributed by atoms with Gasteiger partial charge in [0, 0.05) is 0 Å². The Bertz CT molecular complexity index is 620. The zero-order valence-corrected chi connectivity index (χ0v) is 20.4. The fourth-order valence-corrected chi connectivity index (χ4v) is 4.08. The molecule has 1 aromatic carbocycles. The minimum atomic E-state index is -1.71. The molecule has 0 spiro atoms. The highest BCUT2D eigenvalue weighted by Gasteiger charge is 2.27. The topological polar surface area (TPSA) is 50.8 Å². The first kappa shape index (κ1) is 30.0. The number of ether oxygens (including phenoxy) is 1. The second kappa shape index (κ2) is 19.3. The Hall–Kier alpha value is -1.03. The van der Waals surface area contributed by atoms with Crippen molar-refractivity contribution in [2.24, 2.45) is 0 Å². The number of halogens is 4. The van der Waals surface area contributed by atoms with Crippen molar-refractivity contribution < 1.29 is 36.9 Å². The molecule has 0 unspecified atom stereocenters. The van der Waals surface area contributed by atoms with Gasteiger partial charge in [-0.1, -0.05) is 103 Å². The van der Waals surface area contributed by atoms with Crippen molar-refractivity contribution in [1.82, 2.24) is 0 Å². The van der Waals surface area contributed by atoms with Crippen LogP contribution in [-0.4, -0.2) is 6.61 Å². The maximum atomic E-state index is 13.9. The van der Waals surface area contributed by atoms with Gasteiger partial charge < -0.3 is 9.99 Å². The summed E-state index contributed by atoms with van der Waals surface area (Å²) in [4.78, 5) is -1.16. The Kier molecular flexibility index (Phi) is 17.5. The standard InChI is InChI=1S/C24H38F4O4S/c1-2-3-4-5-6-7-8-9-10-11-12-13-14-15-16-17-18-30-23-19(25)21(27)24(33-32-31-29)22(28)20(23)26/h29H,2-18H2,1H3/p-1. The van der Waals surface area contributed by atoms with E-state index >= 15 is 0 Å². The van der Waals surface area contributed by atoms with E-state index in [2.05, 4.69) is 16.3 Å². The first-order valence-electron chi connectivity index (χ1n) is 12.2. The first-order chi connectivity index (χ1) is 16.0. The average molecular weight is 498 g/mol. The van der Waals surface area contributed by atoms with Crippen LogP contribution in [0.15, 0.2) is 4.90 Å². The van der Waals surface area contributed by atoms with E-state index in [-0.39, 0.29) is 18.6 Å². The van der Waals surface area contributed by atoms with E-state index in [0.717, 1.165) is 25.7 Å². The Balaban J connectivity index is 2.07. The highest BCUT2D eigenvalue weighted by molar-refractivity contribution is 7.94. The highest BCUT2D eigenvalue weighted by atomic mass is 32.2. The van der Waals surface area contributed by atoms with E-state index in [9.17, 15) is 22.8 Å². The van der Waals surface area contributed by atoms with Crippen molar-refractivity contribution >= 4 is 12.0 Å². The molecule has 4 nitrogen and oxygen atoms in total. The van der Waals surface area contributed by atoms with Crippen LogP contribution in [0.4, 0.5) is 17.6 Å². The van der Waals surface area contributed by atoms with Crippen LogP contribution in [0.3, 0.4) is 0 Å². The fourth-order valence-electron chi connectivity index (χ4n) is 3.66. The molecule has 192 valence electrons. The molecule has 9 heteroatoms. The molecule has 0 amide bonds. The summed E-state index contributed by atoms with van der Waals surface area (Å²) in [7, 11) is 0. The van der Waals surface area contributed by atoms with Gasteiger partial charge in [-0.15, -0.1) is 0 Å². The summed E-state index contributed by atoms with van der Waals surface area (Å²) in [6.07, 6.45) is 19.1. The van der Waals surface area contributed by atoms with Gasteiger partial charge in [-0.05, 0) is 6.42 Å². The van der Waals surface area contributed by atoms with E-state index in [0.29, 0.717) is 6.42 Å². The minimum Gasteiger partial charge on any atom is -0.691 e. The molecule has 0 fully saturated rings. The molecule has 0 aromatic heterocycles. The molecule has 0 N–H and O–H groups in total. The molecule has 0 saturated carbocycles. The lowest BCUT2D eigenvalue weighted by Crippen LogP contribution is -2.08. The van der Waals surface area contributed by atoms with Crippen LogP contribution in [-0.2, 0) is 9.37 Å². The van der Waals surface area contributed by atoms with E-state index in [1.807, 2.05) is 0 Å². The molecule has 0 bridgehead atoms. The molecule has 1 rings (SSSR count). The third-order valence-electron chi connectivity index (χ3n) is 5.57. The molecular formula is C24H37F4O4S-. The minimum absolute atomic E-state index is 0.0577. The monoisotopic (exact) mass is 497 g/mol. The summed E-state index contributed by atoms with van der Waals surface area (Å²) in [5.74, 6) is -7.89. The molecule has 0 aliphatic heterocycles. The zero-order valence-electron chi connectivity index (χ0n) is 19.6. The van der Waals surface area contributed by atoms with Crippen molar-refractivity contribution in [3.05, 3.63) is 23.3 Å². The first-order valence-corrected chi connectivity index (χ1v) is 12.9. The lowest BCUT2D eigenvalue weighted by molar-refractivity contribution is -0.777. The smallest absolute Gasteiger partial charge is 0.205 e. The Labute approximate surface area is 199 Å². The van der Waals surface area contributed by atoms with Gasteiger partial charge in [0.05, 0.1) is 18.6 Å². The van der Waals surface area contributed by atoms with Gasteiger partial charge >= 0.3 is 0 Å². The van der Waals surface area contributed by atoms with Gasteiger partial charge in [0.2, 0.25) is 11.6 Å². The van der Waals surface area contributed by atoms with Crippen LogP contribution < -0.4 is 9.99 Å². The van der Waals surface area contributed by atoms with Gasteiger partial charge in [-0.2, -0.15) is 13.1 Å². The predicted molar refractivity (Wildman–Crippen MR) is 119 cm³/mol. The van der Waals surface area contributed by atoms with Crippen molar-refractivity contribution in [3.8, 4) is 5.75 Å². The van der Waals surface area contributed by atoms with Gasteiger partial charge in [0.15, 0.2) is 17.4 Å². The van der Waals surface area contributed by atoms with Gasteiger partial charge in [0.25, 0.3) is 0 Å². The van der Waals surface area contributed by atoms with Crippen molar-refractivity contribution in [3.63, 3.8) is 0 Å². The molecular weight excluding hydrogens is 460 g/mol. The average Bonchev–Trinajstić information content (AvgIpc) is 2.81. The SMILES string of the molecule is CCCCCCCCCCCCCCCCCCOc1c(F)c(F)c(SOO[O-])c(F)c1F. The van der Waals surface area contributed by atoms with Crippen LogP contribution >= 0.6 is 12.0 Å². The summed E-state index contributed by atoms with van der Waals surface area (Å²) in [6, 6.07) is 0. The second-order valence-corrected chi connectivity index (χ2v) is 9.00. The summed E-state index contributed by atoms with van der Waals surface area (Å²) in [6.45, 7) is 2.18. The summed E-state index contributed by atoms with van der Waals surface area (Å²) >= 11 is -0.259.